The number of carbonyl (C=O) groups excluding carboxylic acids is 1. The molecule has 0 fully saturated rings. The molecule has 0 saturated carbocycles. The zero-order chi connectivity index (χ0) is 15.3. The Bertz CT molecular complexity index is 390. The first-order valence-electron chi connectivity index (χ1n) is 7.84. The number of esters is 1. The molecule has 1 aromatic carbocycles. The third-order valence-corrected chi connectivity index (χ3v) is 3.05. The molecular formula is C17H27NO3. The van der Waals surface area contributed by atoms with Crippen LogP contribution in [-0.2, 0) is 16.0 Å². The average Bonchev–Trinajstić information content (AvgIpc) is 2.49. The second-order valence-corrected chi connectivity index (χ2v) is 4.90. The fourth-order valence-corrected chi connectivity index (χ4v) is 1.96. The molecule has 0 spiro atoms. The van der Waals surface area contributed by atoms with E-state index >= 15 is 0 Å². The molecule has 0 bridgehead atoms. The molecule has 0 atom stereocenters. The highest BCUT2D eigenvalue weighted by Crippen LogP contribution is 2.13. The summed E-state index contributed by atoms with van der Waals surface area (Å²) in [6.07, 6.45) is 3.68. The predicted octanol–water partition coefficient (Wildman–Crippen LogP) is 2.95. The standard InChI is InChI=1S/C17H27NO3/c1-3-12-18-13-5-6-15-7-9-16(10-8-15)21-14-11-17(19)20-4-2/h7-10,18H,3-6,11-14H2,1-2H3. The van der Waals surface area contributed by atoms with E-state index < -0.39 is 0 Å². The predicted molar refractivity (Wildman–Crippen MR) is 84.7 cm³/mol. The van der Waals surface area contributed by atoms with Crippen molar-refractivity contribution in [2.24, 2.45) is 0 Å². The van der Waals surface area contributed by atoms with Gasteiger partial charge in [0.1, 0.15) is 5.75 Å². The van der Waals surface area contributed by atoms with E-state index in [0.29, 0.717) is 19.6 Å². The van der Waals surface area contributed by atoms with E-state index in [1.54, 1.807) is 6.92 Å². The molecule has 0 unspecified atom stereocenters. The second-order valence-electron chi connectivity index (χ2n) is 4.90. The van der Waals surface area contributed by atoms with Crippen LogP contribution < -0.4 is 10.1 Å². The van der Waals surface area contributed by atoms with E-state index in [1.807, 2.05) is 12.1 Å². The summed E-state index contributed by atoms with van der Waals surface area (Å²) in [6.45, 7) is 6.90. The number of benzene rings is 1. The maximum Gasteiger partial charge on any atom is 0.309 e. The van der Waals surface area contributed by atoms with Gasteiger partial charge >= 0.3 is 5.97 Å². The zero-order valence-electron chi connectivity index (χ0n) is 13.2. The summed E-state index contributed by atoms with van der Waals surface area (Å²) in [7, 11) is 0. The van der Waals surface area contributed by atoms with Gasteiger partial charge in [-0.15, -0.1) is 0 Å². The minimum absolute atomic E-state index is 0.214. The quantitative estimate of drug-likeness (QED) is 0.503. The Labute approximate surface area is 127 Å². The Morgan fingerprint density at radius 2 is 1.90 bits per heavy atom. The Balaban J connectivity index is 2.19. The van der Waals surface area contributed by atoms with E-state index in [4.69, 9.17) is 9.47 Å². The highest BCUT2D eigenvalue weighted by molar-refractivity contribution is 5.69. The minimum atomic E-state index is -0.214. The Morgan fingerprint density at radius 3 is 2.57 bits per heavy atom. The van der Waals surface area contributed by atoms with Crippen molar-refractivity contribution >= 4 is 5.97 Å². The molecule has 0 amide bonds. The number of carbonyl (C=O) groups is 1. The molecule has 0 aliphatic heterocycles. The van der Waals surface area contributed by atoms with Crippen LogP contribution in [0, 0.1) is 0 Å². The monoisotopic (exact) mass is 293 g/mol. The zero-order valence-corrected chi connectivity index (χ0v) is 13.2. The lowest BCUT2D eigenvalue weighted by atomic mass is 10.1. The summed E-state index contributed by atoms with van der Waals surface area (Å²) >= 11 is 0. The topological polar surface area (TPSA) is 47.6 Å². The van der Waals surface area contributed by atoms with Crippen molar-refractivity contribution in [2.45, 2.75) is 39.5 Å². The molecule has 0 aliphatic carbocycles. The Kier molecular flexibility index (Phi) is 9.29. The van der Waals surface area contributed by atoms with E-state index in [0.717, 1.165) is 31.7 Å². The highest BCUT2D eigenvalue weighted by Gasteiger charge is 2.02. The number of hydrogen-bond donors (Lipinski definition) is 1. The molecule has 118 valence electrons. The molecule has 4 heteroatoms. The van der Waals surface area contributed by atoms with Crippen molar-refractivity contribution in [3.8, 4) is 5.75 Å². The van der Waals surface area contributed by atoms with Gasteiger partial charge in [0.15, 0.2) is 0 Å². The molecule has 1 N–H and O–H groups in total. The normalized spacial score (nSPS) is 10.4. The van der Waals surface area contributed by atoms with Crippen LogP contribution in [0.4, 0.5) is 0 Å². The van der Waals surface area contributed by atoms with E-state index in [1.165, 1.54) is 12.0 Å². The maximum atomic E-state index is 11.2. The van der Waals surface area contributed by atoms with Crippen molar-refractivity contribution in [2.75, 3.05) is 26.3 Å². The molecule has 1 rings (SSSR count). The first kappa shape index (κ1) is 17.5. The van der Waals surface area contributed by atoms with Crippen LogP contribution in [0.15, 0.2) is 24.3 Å². The number of rotatable bonds is 11. The largest absolute Gasteiger partial charge is 0.493 e. The molecular weight excluding hydrogens is 266 g/mol. The van der Waals surface area contributed by atoms with Gasteiger partial charge in [-0.05, 0) is 57.0 Å². The van der Waals surface area contributed by atoms with Gasteiger partial charge in [0.05, 0.1) is 19.6 Å². The number of nitrogens with one attached hydrogen (secondary N) is 1. The van der Waals surface area contributed by atoms with Crippen LogP contribution in [0.3, 0.4) is 0 Å². The fourth-order valence-electron chi connectivity index (χ4n) is 1.96. The molecule has 21 heavy (non-hydrogen) atoms. The summed E-state index contributed by atoms with van der Waals surface area (Å²) < 4.78 is 10.4. The molecule has 0 radical (unpaired) electrons. The van der Waals surface area contributed by atoms with Crippen molar-refractivity contribution in [1.29, 1.82) is 0 Å². The lowest BCUT2D eigenvalue weighted by Crippen LogP contribution is -2.16. The summed E-state index contributed by atoms with van der Waals surface area (Å²) in [5, 5.41) is 3.40. The first-order valence-corrected chi connectivity index (χ1v) is 7.84. The van der Waals surface area contributed by atoms with Gasteiger partial charge in [0, 0.05) is 0 Å². The molecule has 0 heterocycles. The maximum absolute atomic E-state index is 11.2. The molecule has 0 aliphatic rings. The van der Waals surface area contributed by atoms with Gasteiger partial charge in [-0.1, -0.05) is 19.1 Å². The lowest BCUT2D eigenvalue weighted by Gasteiger charge is -2.07. The third-order valence-electron chi connectivity index (χ3n) is 3.05. The number of hydrogen-bond acceptors (Lipinski definition) is 4. The van der Waals surface area contributed by atoms with Gasteiger partial charge in [-0.25, -0.2) is 0 Å². The molecule has 4 nitrogen and oxygen atoms in total. The van der Waals surface area contributed by atoms with Crippen molar-refractivity contribution in [3.05, 3.63) is 29.8 Å². The van der Waals surface area contributed by atoms with E-state index in [9.17, 15) is 4.79 Å². The van der Waals surface area contributed by atoms with Crippen LogP contribution in [-0.4, -0.2) is 32.3 Å². The van der Waals surface area contributed by atoms with Crippen molar-refractivity contribution < 1.29 is 14.3 Å². The molecule has 0 saturated heterocycles. The SMILES string of the molecule is CCCNCCCc1ccc(OCCC(=O)OCC)cc1. The minimum Gasteiger partial charge on any atom is -0.493 e. The van der Waals surface area contributed by atoms with Gasteiger partial charge in [0.2, 0.25) is 0 Å². The lowest BCUT2D eigenvalue weighted by molar-refractivity contribution is -0.143. The fraction of sp³-hybridized carbons (Fsp3) is 0.588. The number of ether oxygens (including phenoxy) is 2. The Morgan fingerprint density at radius 1 is 1.14 bits per heavy atom. The van der Waals surface area contributed by atoms with Crippen LogP contribution in [0.25, 0.3) is 0 Å². The van der Waals surface area contributed by atoms with Crippen LogP contribution in [0.5, 0.6) is 5.75 Å². The van der Waals surface area contributed by atoms with Crippen molar-refractivity contribution in [3.63, 3.8) is 0 Å². The van der Waals surface area contributed by atoms with Gasteiger partial charge in [-0.3, -0.25) is 4.79 Å². The van der Waals surface area contributed by atoms with E-state index in [2.05, 4.69) is 24.4 Å². The van der Waals surface area contributed by atoms with Crippen molar-refractivity contribution in [1.82, 2.24) is 5.32 Å². The van der Waals surface area contributed by atoms with Gasteiger partial charge < -0.3 is 14.8 Å². The Hall–Kier alpha value is -1.55. The summed E-state index contributed by atoms with van der Waals surface area (Å²) in [5.74, 6) is 0.584. The molecule has 1 aromatic rings. The van der Waals surface area contributed by atoms with Crippen LogP contribution in [0.2, 0.25) is 0 Å². The third kappa shape index (κ3) is 8.35. The molecule has 0 aromatic heterocycles. The van der Waals surface area contributed by atoms with Crippen LogP contribution >= 0.6 is 0 Å². The van der Waals surface area contributed by atoms with Gasteiger partial charge in [0.25, 0.3) is 0 Å². The number of aryl methyl sites for hydroxylation is 1. The van der Waals surface area contributed by atoms with E-state index in [-0.39, 0.29) is 5.97 Å². The van der Waals surface area contributed by atoms with Crippen LogP contribution in [0.1, 0.15) is 38.7 Å². The smallest absolute Gasteiger partial charge is 0.309 e. The van der Waals surface area contributed by atoms with Gasteiger partial charge in [-0.2, -0.15) is 0 Å². The average molecular weight is 293 g/mol. The highest BCUT2D eigenvalue weighted by atomic mass is 16.5. The summed E-state index contributed by atoms with van der Waals surface area (Å²) in [4.78, 5) is 11.2. The summed E-state index contributed by atoms with van der Waals surface area (Å²) in [5.41, 5.74) is 1.31. The second kappa shape index (κ2) is 11.1. The first-order chi connectivity index (χ1) is 10.3. The summed E-state index contributed by atoms with van der Waals surface area (Å²) in [6, 6.07) is 8.08.